The Kier molecular flexibility index (Phi) is 4.11. The van der Waals surface area contributed by atoms with Crippen molar-refractivity contribution in [1.29, 1.82) is 0 Å². The van der Waals surface area contributed by atoms with Crippen molar-refractivity contribution in [2.24, 2.45) is 0 Å². The highest BCUT2D eigenvalue weighted by Gasteiger charge is 2.32. The van der Waals surface area contributed by atoms with Gasteiger partial charge in [-0.1, -0.05) is 18.2 Å². The Morgan fingerprint density at radius 1 is 0.905 bits per heavy atom. The Morgan fingerprint density at radius 2 is 1.48 bits per heavy atom. The van der Waals surface area contributed by atoms with Crippen molar-refractivity contribution in [2.75, 3.05) is 5.32 Å². The van der Waals surface area contributed by atoms with Gasteiger partial charge in [0, 0.05) is 18.7 Å². The first-order chi connectivity index (χ1) is 9.79. The third-order valence-corrected chi connectivity index (χ3v) is 2.79. The van der Waals surface area contributed by atoms with E-state index >= 15 is 0 Å². The van der Waals surface area contributed by atoms with Gasteiger partial charge >= 0.3 is 6.18 Å². The Bertz CT molecular complexity index is 627. The largest absolute Gasteiger partial charge is 0.416 e. The van der Waals surface area contributed by atoms with Crippen molar-refractivity contribution >= 4 is 5.69 Å². The van der Waals surface area contributed by atoms with Gasteiger partial charge in [0.1, 0.15) is 11.5 Å². The Labute approximate surface area is 116 Å². The summed E-state index contributed by atoms with van der Waals surface area (Å²) in [6.07, 6.45) is -4.57. The van der Waals surface area contributed by atoms with Gasteiger partial charge in [-0.25, -0.2) is 13.2 Å². The maximum absolute atomic E-state index is 13.4. The minimum absolute atomic E-state index is 0.173. The topological polar surface area (TPSA) is 12.0 Å². The number of benzene rings is 2. The highest BCUT2D eigenvalue weighted by molar-refractivity contribution is 5.47. The van der Waals surface area contributed by atoms with Crippen LogP contribution in [0.3, 0.4) is 0 Å². The molecule has 2 rings (SSSR count). The highest BCUT2D eigenvalue weighted by atomic mass is 19.4. The van der Waals surface area contributed by atoms with E-state index in [9.17, 15) is 26.3 Å². The van der Waals surface area contributed by atoms with Crippen LogP contribution in [0.25, 0.3) is 0 Å². The molecule has 1 N–H and O–H groups in total. The average Bonchev–Trinajstić information content (AvgIpc) is 2.36. The van der Waals surface area contributed by atoms with Crippen LogP contribution in [0.1, 0.15) is 11.1 Å². The quantitative estimate of drug-likeness (QED) is 0.808. The molecular weight excluding hydrogens is 296 g/mol. The van der Waals surface area contributed by atoms with Crippen molar-refractivity contribution in [3.05, 3.63) is 65.0 Å². The summed E-state index contributed by atoms with van der Waals surface area (Å²) in [4.78, 5) is 0. The first kappa shape index (κ1) is 15.2. The van der Waals surface area contributed by atoms with Crippen molar-refractivity contribution < 1.29 is 26.3 Å². The number of nitrogens with one attached hydrogen (secondary N) is 1. The monoisotopic (exact) mass is 305 g/mol. The molecule has 0 aromatic heterocycles. The second-order valence-electron chi connectivity index (χ2n) is 4.25. The molecule has 0 amide bonds. The molecule has 21 heavy (non-hydrogen) atoms. The lowest BCUT2D eigenvalue weighted by Crippen LogP contribution is -2.12. The third-order valence-electron chi connectivity index (χ3n) is 2.79. The maximum atomic E-state index is 13.4. The second-order valence-corrected chi connectivity index (χ2v) is 4.25. The van der Waals surface area contributed by atoms with Gasteiger partial charge in [0.15, 0.2) is 11.6 Å². The molecule has 0 unspecified atom stereocenters. The van der Waals surface area contributed by atoms with Gasteiger partial charge in [0.05, 0.1) is 5.56 Å². The first-order valence-corrected chi connectivity index (χ1v) is 5.82. The average molecular weight is 305 g/mol. The molecule has 0 fully saturated rings. The van der Waals surface area contributed by atoms with E-state index in [4.69, 9.17) is 0 Å². The standard InChI is InChI=1S/C14H9F6N/c15-9-5-11(16)13(12(17)6-9)21-7-8-3-1-2-4-10(8)14(18,19)20/h1-6,21H,7H2. The van der Waals surface area contributed by atoms with Crippen LogP contribution in [0.2, 0.25) is 0 Å². The molecule has 0 aliphatic carbocycles. The molecule has 0 saturated carbocycles. The van der Waals surface area contributed by atoms with Gasteiger partial charge in [0.2, 0.25) is 0 Å². The lowest BCUT2D eigenvalue weighted by Gasteiger charge is -2.14. The number of rotatable bonds is 3. The smallest absolute Gasteiger partial charge is 0.376 e. The zero-order chi connectivity index (χ0) is 15.6. The van der Waals surface area contributed by atoms with E-state index in [1.807, 2.05) is 0 Å². The zero-order valence-corrected chi connectivity index (χ0v) is 10.4. The SMILES string of the molecule is Fc1cc(F)c(NCc2ccccc2C(F)(F)F)c(F)c1. The second kappa shape index (κ2) is 5.67. The molecule has 0 saturated heterocycles. The van der Waals surface area contributed by atoms with Gasteiger partial charge < -0.3 is 5.32 Å². The highest BCUT2D eigenvalue weighted by Crippen LogP contribution is 2.32. The molecule has 2 aromatic rings. The molecule has 112 valence electrons. The predicted molar refractivity (Wildman–Crippen MR) is 65.1 cm³/mol. The van der Waals surface area contributed by atoms with Crippen LogP contribution in [-0.2, 0) is 12.7 Å². The van der Waals surface area contributed by atoms with Gasteiger partial charge in [0.25, 0.3) is 0 Å². The van der Waals surface area contributed by atoms with Crippen molar-refractivity contribution in [3.8, 4) is 0 Å². The molecular formula is C14H9F6N. The minimum atomic E-state index is -4.57. The summed E-state index contributed by atoms with van der Waals surface area (Å²) < 4.78 is 77.8. The normalized spacial score (nSPS) is 11.5. The van der Waals surface area contributed by atoms with Crippen LogP contribution in [0, 0.1) is 17.5 Å². The van der Waals surface area contributed by atoms with Crippen LogP contribution in [0.5, 0.6) is 0 Å². The number of anilines is 1. The number of hydrogen-bond donors (Lipinski definition) is 1. The maximum Gasteiger partial charge on any atom is 0.416 e. The van der Waals surface area contributed by atoms with Crippen LogP contribution in [0.4, 0.5) is 32.0 Å². The Hall–Kier alpha value is -2.18. The summed E-state index contributed by atoms with van der Waals surface area (Å²) in [5, 5.41) is 2.22. The molecule has 0 heterocycles. The van der Waals surface area contributed by atoms with E-state index in [1.54, 1.807) is 0 Å². The summed E-state index contributed by atoms with van der Waals surface area (Å²) in [5.74, 6) is -3.53. The van der Waals surface area contributed by atoms with Gasteiger partial charge in [-0.05, 0) is 11.6 Å². The third kappa shape index (κ3) is 3.48. The number of hydrogen-bond acceptors (Lipinski definition) is 1. The molecule has 0 aliphatic rings. The molecule has 0 atom stereocenters. The fourth-order valence-electron chi connectivity index (χ4n) is 1.85. The molecule has 0 bridgehead atoms. The summed E-state index contributed by atoms with van der Waals surface area (Å²) >= 11 is 0. The van der Waals surface area contributed by atoms with Gasteiger partial charge in [-0.3, -0.25) is 0 Å². The van der Waals surface area contributed by atoms with E-state index in [0.717, 1.165) is 6.07 Å². The lowest BCUT2D eigenvalue weighted by molar-refractivity contribution is -0.138. The molecule has 0 radical (unpaired) electrons. The predicted octanol–water partition coefficient (Wildman–Crippen LogP) is 4.73. The fourth-order valence-corrected chi connectivity index (χ4v) is 1.85. The summed E-state index contributed by atoms with van der Waals surface area (Å²) in [7, 11) is 0. The van der Waals surface area contributed by atoms with Gasteiger partial charge in [-0.2, -0.15) is 13.2 Å². The van der Waals surface area contributed by atoms with E-state index in [-0.39, 0.29) is 5.56 Å². The van der Waals surface area contributed by atoms with Crippen molar-refractivity contribution in [3.63, 3.8) is 0 Å². The van der Waals surface area contributed by atoms with Crippen LogP contribution in [0.15, 0.2) is 36.4 Å². The molecule has 0 aliphatic heterocycles. The molecule has 2 aromatic carbocycles. The van der Waals surface area contributed by atoms with Crippen LogP contribution in [-0.4, -0.2) is 0 Å². The van der Waals surface area contributed by atoms with Crippen LogP contribution < -0.4 is 5.32 Å². The van der Waals surface area contributed by atoms with Crippen LogP contribution >= 0.6 is 0 Å². The van der Waals surface area contributed by atoms with E-state index in [1.165, 1.54) is 18.2 Å². The lowest BCUT2D eigenvalue weighted by atomic mass is 10.1. The van der Waals surface area contributed by atoms with Crippen molar-refractivity contribution in [1.82, 2.24) is 0 Å². The fraction of sp³-hybridized carbons (Fsp3) is 0.143. The zero-order valence-electron chi connectivity index (χ0n) is 10.4. The number of halogens is 6. The van der Waals surface area contributed by atoms with Crippen molar-refractivity contribution in [2.45, 2.75) is 12.7 Å². The van der Waals surface area contributed by atoms with E-state index in [2.05, 4.69) is 5.32 Å². The summed E-state index contributed by atoms with van der Waals surface area (Å²) in [5.41, 5.74) is -1.75. The van der Waals surface area contributed by atoms with E-state index in [0.29, 0.717) is 12.1 Å². The summed E-state index contributed by atoms with van der Waals surface area (Å²) in [6.45, 7) is -0.449. The Morgan fingerprint density at radius 3 is 2.05 bits per heavy atom. The summed E-state index contributed by atoms with van der Waals surface area (Å²) in [6, 6.07) is 5.54. The van der Waals surface area contributed by atoms with E-state index < -0.39 is 41.4 Å². The molecule has 0 spiro atoms. The van der Waals surface area contributed by atoms with Gasteiger partial charge in [-0.15, -0.1) is 0 Å². The number of alkyl halides is 3. The first-order valence-electron chi connectivity index (χ1n) is 5.82. The molecule has 7 heteroatoms. The molecule has 1 nitrogen and oxygen atoms in total. The Balaban J connectivity index is 2.26. The minimum Gasteiger partial charge on any atom is -0.376 e.